The van der Waals surface area contributed by atoms with Crippen molar-refractivity contribution in [2.75, 3.05) is 4.90 Å². The average Bonchev–Trinajstić information content (AvgIpc) is 2.45. The van der Waals surface area contributed by atoms with Gasteiger partial charge in [-0.3, -0.25) is 10.2 Å². The predicted octanol–water partition coefficient (Wildman–Crippen LogP) is 3.25. The van der Waals surface area contributed by atoms with E-state index in [0.717, 1.165) is 19.3 Å². The smallest absolute Gasteiger partial charge is 0.256 e. The van der Waals surface area contributed by atoms with Gasteiger partial charge in [0.05, 0.1) is 0 Å². The van der Waals surface area contributed by atoms with E-state index in [4.69, 9.17) is 5.84 Å². The molecule has 0 bridgehead atoms. The zero-order valence-corrected chi connectivity index (χ0v) is 14.4. The summed E-state index contributed by atoms with van der Waals surface area (Å²) in [6.45, 7) is 10.9. The molecule has 0 fully saturated rings. The van der Waals surface area contributed by atoms with E-state index in [0.29, 0.717) is 5.92 Å². The number of anilines is 1. The van der Waals surface area contributed by atoms with Gasteiger partial charge in [0.15, 0.2) is 0 Å². The summed E-state index contributed by atoms with van der Waals surface area (Å²) in [4.78, 5) is 14.7. The summed E-state index contributed by atoms with van der Waals surface area (Å²) in [5.74, 6) is 5.83. The first-order valence-electron chi connectivity index (χ1n) is 8.22. The Morgan fingerprint density at radius 3 is 2.77 bits per heavy atom. The standard InChI is InChI=1S/C18H29N3O/c1-6-7-16(17(22)20-19)21-15-9-8-12(2)10-14(15)13(3)11-18(21,4)5/h8-10,13,16H,6-7,11,19H2,1-5H3,(H,20,22)/t13-,16+/m1/s1. The van der Waals surface area contributed by atoms with Gasteiger partial charge in [-0.2, -0.15) is 0 Å². The minimum absolute atomic E-state index is 0.0754. The van der Waals surface area contributed by atoms with Gasteiger partial charge in [-0.05, 0) is 51.2 Å². The molecule has 122 valence electrons. The predicted molar refractivity (Wildman–Crippen MR) is 91.8 cm³/mol. The lowest BCUT2D eigenvalue weighted by atomic mass is 9.78. The summed E-state index contributed by atoms with van der Waals surface area (Å²) in [6, 6.07) is 6.32. The number of nitrogens with one attached hydrogen (secondary N) is 1. The van der Waals surface area contributed by atoms with Gasteiger partial charge in [0, 0.05) is 11.2 Å². The Bertz CT molecular complexity index is 553. The lowest BCUT2D eigenvalue weighted by Crippen LogP contribution is -2.59. The van der Waals surface area contributed by atoms with E-state index in [1.165, 1.54) is 16.8 Å². The van der Waals surface area contributed by atoms with Crippen LogP contribution < -0.4 is 16.2 Å². The fourth-order valence-electron chi connectivity index (χ4n) is 3.91. The third kappa shape index (κ3) is 2.98. The van der Waals surface area contributed by atoms with Gasteiger partial charge in [0.2, 0.25) is 0 Å². The van der Waals surface area contributed by atoms with Crippen molar-refractivity contribution < 1.29 is 4.79 Å². The molecule has 2 rings (SSSR count). The fourth-order valence-corrected chi connectivity index (χ4v) is 3.91. The number of benzene rings is 1. The highest BCUT2D eigenvalue weighted by Gasteiger charge is 2.41. The Morgan fingerprint density at radius 1 is 1.50 bits per heavy atom. The van der Waals surface area contributed by atoms with Gasteiger partial charge >= 0.3 is 0 Å². The van der Waals surface area contributed by atoms with E-state index in [-0.39, 0.29) is 17.5 Å². The van der Waals surface area contributed by atoms with Crippen molar-refractivity contribution in [3.05, 3.63) is 29.3 Å². The minimum atomic E-state index is -0.223. The van der Waals surface area contributed by atoms with E-state index < -0.39 is 0 Å². The Hall–Kier alpha value is -1.55. The van der Waals surface area contributed by atoms with E-state index in [9.17, 15) is 4.79 Å². The van der Waals surface area contributed by atoms with Crippen molar-refractivity contribution in [2.24, 2.45) is 5.84 Å². The molecule has 4 heteroatoms. The SMILES string of the molecule is CCC[C@@H](C(=O)NN)N1c2ccc(C)cc2[C@H](C)CC1(C)C. The second kappa shape index (κ2) is 6.29. The van der Waals surface area contributed by atoms with E-state index >= 15 is 0 Å². The maximum atomic E-state index is 12.4. The molecule has 1 heterocycles. The largest absolute Gasteiger partial charge is 0.354 e. The van der Waals surface area contributed by atoms with Crippen molar-refractivity contribution >= 4 is 11.6 Å². The maximum absolute atomic E-state index is 12.4. The molecule has 1 aliphatic heterocycles. The molecule has 3 N–H and O–H groups in total. The van der Waals surface area contributed by atoms with Crippen LogP contribution >= 0.6 is 0 Å². The molecule has 0 radical (unpaired) electrons. The number of hydrogen-bond acceptors (Lipinski definition) is 3. The molecule has 1 aromatic carbocycles. The van der Waals surface area contributed by atoms with Crippen molar-refractivity contribution in [2.45, 2.75) is 71.4 Å². The third-order valence-corrected chi connectivity index (χ3v) is 4.75. The number of aryl methyl sites for hydroxylation is 1. The van der Waals surface area contributed by atoms with Crippen LogP contribution in [0.15, 0.2) is 18.2 Å². The van der Waals surface area contributed by atoms with Crippen molar-refractivity contribution in [1.29, 1.82) is 0 Å². The van der Waals surface area contributed by atoms with Crippen LogP contribution in [0.5, 0.6) is 0 Å². The van der Waals surface area contributed by atoms with E-state index in [1.807, 2.05) is 0 Å². The first kappa shape index (κ1) is 16.8. The minimum Gasteiger partial charge on any atom is -0.354 e. The number of carbonyl (C=O) groups is 1. The zero-order valence-electron chi connectivity index (χ0n) is 14.4. The molecule has 1 amide bonds. The van der Waals surface area contributed by atoms with E-state index in [1.54, 1.807) is 0 Å². The first-order valence-corrected chi connectivity index (χ1v) is 8.22. The van der Waals surface area contributed by atoms with Gasteiger partial charge in [-0.1, -0.05) is 38.0 Å². The monoisotopic (exact) mass is 303 g/mol. The number of hydrogen-bond donors (Lipinski definition) is 2. The van der Waals surface area contributed by atoms with Crippen molar-refractivity contribution in [1.82, 2.24) is 5.43 Å². The average molecular weight is 303 g/mol. The number of fused-ring (bicyclic) bond motifs is 1. The Labute approximate surface area is 134 Å². The normalized spacial score (nSPS) is 21.2. The van der Waals surface area contributed by atoms with Gasteiger partial charge < -0.3 is 4.90 Å². The summed E-state index contributed by atoms with van der Waals surface area (Å²) in [6.07, 6.45) is 2.77. The Kier molecular flexibility index (Phi) is 4.81. The number of carbonyl (C=O) groups excluding carboxylic acids is 1. The summed E-state index contributed by atoms with van der Waals surface area (Å²) in [5.41, 5.74) is 6.06. The molecule has 22 heavy (non-hydrogen) atoms. The number of nitrogens with zero attached hydrogens (tertiary/aromatic N) is 1. The number of amides is 1. The van der Waals surface area contributed by atoms with Gasteiger partial charge in [-0.25, -0.2) is 5.84 Å². The fraction of sp³-hybridized carbons (Fsp3) is 0.611. The summed E-state index contributed by atoms with van der Waals surface area (Å²) in [5, 5.41) is 0. The van der Waals surface area contributed by atoms with Crippen LogP contribution in [0.3, 0.4) is 0 Å². The highest BCUT2D eigenvalue weighted by Crippen LogP contribution is 2.45. The first-order chi connectivity index (χ1) is 10.3. The topological polar surface area (TPSA) is 58.4 Å². The molecule has 0 unspecified atom stereocenters. The molecule has 0 aromatic heterocycles. The van der Waals surface area contributed by atoms with E-state index in [2.05, 4.69) is 63.1 Å². The Morgan fingerprint density at radius 2 is 2.18 bits per heavy atom. The summed E-state index contributed by atoms with van der Waals surface area (Å²) in [7, 11) is 0. The molecule has 4 nitrogen and oxygen atoms in total. The highest BCUT2D eigenvalue weighted by molar-refractivity contribution is 5.86. The molecule has 0 spiro atoms. The maximum Gasteiger partial charge on any atom is 0.256 e. The number of nitrogens with two attached hydrogens (primary N) is 1. The van der Waals surface area contributed by atoms with Crippen LogP contribution in [0, 0.1) is 6.92 Å². The summed E-state index contributed by atoms with van der Waals surface area (Å²) >= 11 is 0. The molecule has 1 aromatic rings. The molecule has 2 atom stereocenters. The van der Waals surface area contributed by atoms with Crippen LogP contribution in [0.25, 0.3) is 0 Å². The lowest BCUT2D eigenvalue weighted by molar-refractivity contribution is -0.123. The molecule has 0 saturated carbocycles. The molecular formula is C18H29N3O. The van der Waals surface area contributed by atoms with Crippen LogP contribution in [0.4, 0.5) is 5.69 Å². The van der Waals surface area contributed by atoms with Crippen LogP contribution in [0.2, 0.25) is 0 Å². The third-order valence-electron chi connectivity index (χ3n) is 4.75. The van der Waals surface area contributed by atoms with Crippen LogP contribution in [-0.4, -0.2) is 17.5 Å². The zero-order chi connectivity index (χ0) is 16.5. The van der Waals surface area contributed by atoms with Gasteiger partial charge in [0.25, 0.3) is 5.91 Å². The van der Waals surface area contributed by atoms with Crippen molar-refractivity contribution in [3.8, 4) is 0 Å². The second-order valence-corrected chi connectivity index (χ2v) is 7.16. The van der Waals surface area contributed by atoms with Gasteiger partial charge in [-0.15, -0.1) is 0 Å². The van der Waals surface area contributed by atoms with Gasteiger partial charge in [0.1, 0.15) is 6.04 Å². The van der Waals surface area contributed by atoms with Crippen molar-refractivity contribution in [3.63, 3.8) is 0 Å². The molecule has 0 saturated heterocycles. The number of rotatable bonds is 4. The Balaban J connectivity index is 2.56. The van der Waals surface area contributed by atoms with Crippen LogP contribution in [0.1, 0.15) is 64.0 Å². The highest BCUT2D eigenvalue weighted by atomic mass is 16.2. The summed E-state index contributed by atoms with van der Waals surface area (Å²) < 4.78 is 0. The second-order valence-electron chi connectivity index (χ2n) is 7.16. The molecular weight excluding hydrogens is 274 g/mol. The quantitative estimate of drug-likeness (QED) is 0.510. The number of hydrazine groups is 1. The molecule has 0 aliphatic carbocycles. The molecule has 1 aliphatic rings. The lowest BCUT2D eigenvalue weighted by Gasteiger charge is -2.50. The van der Waals surface area contributed by atoms with Crippen LogP contribution in [-0.2, 0) is 4.79 Å².